The molecule has 36 heavy (non-hydrogen) atoms. The van der Waals surface area contributed by atoms with E-state index < -0.39 is 37.8 Å². The molecule has 0 aliphatic carbocycles. The number of aromatic nitrogens is 1. The molecule has 2 aliphatic rings. The van der Waals surface area contributed by atoms with Crippen LogP contribution in [0.1, 0.15) is 16.8 Å². The minimum Gasteiger partial charge on any atom is -0.477 e. The van der Waals surface area contributed by atoms with Crippen molar-refractivity contribution >= 4 is 43.5 Å². The lowest BCUT2D eigenvalue weighted by molar-refractivity contribution is 0.0695. The van der Waals surface area contributed by atoms with E-state index in [-0.39, 0.29) is 45.2 Å². The van der Waals surface area contributed by atoms with E-state index in [1.807, 2.05) is 0 Å². The molecule has 184 valence electrons. The Morgan fingerprint density at radius 1 is 1.14 bits per heavy atom. The van der Waals surface area contributed by atoms with Crippen LogP contribution in [0, 0.1) is 5.82 Å². The molecule has 1 fully saturated rings. The van der Waals surface area contributed by atoms with Crippen molar-refractivity contribution in [2.24, 2.45) is 5.73 Å². The van der Waals surface area contributed by atoms with Crippen LogP contribution in [0.3, 0.4) is 0 Å². The Hall–Kier alpha value is -4.00. The van der Waals surface area contributed by atoms with Gasteiger partial charge in [0, 0.05) is 42.2 Å². The molecule has 0 unspecified atom stereocenters. The predicted octanol–water partition coefficient (Wildman–Crippen LogP) is 2.87. The van der Waals surface area contributed by atoms with Gasteiger partial charge in [0.25, 0.3) is 10.1 Å². The summed E-state index contributed by atoms with van der Waals surface area (Å²) < 4.78 is 57.4. The van der Waals surface area contributed by atoms with Gasteiger partial charge < -0.3 is 25.0 Å². The van der Waals surface area contributed by atoms with Crippen molar-refractivity contribution in [1.82, 2.24) is 4.57 Å². The Morgan fingerprint density at radius 3 is 2.50 bits per heavy atom. The predicted molar refractivity (Wildman–Crippen MR) is 129 cm³/mol. The first kappa shape index (κ1) is 22.5. The second-order valence-corrected chi connectivity index (χ2v) is 10.2. The van der Waals surface area contributed by atoms with Gasteiger partial charge in [0.1, 0.15) is 21.7 Å². The minimum atomic E-state index is -4.70. The van der Waals surface area contributed by atoms with Crippen molar-refractivity contribution in [3.63, 3.8) is 0 Å². The molecule has 6 rings (SSSR count). The van der Waals surface area contributed by atoms with Crippen LogP contribution in [0.2, 0.25) is 0 Å². The number of nitrogens with zero attached hydrogens (tertiary/aromatic N) is 2. The lowest BCUT2D eigenvalue weighted by Gasteiger charge is -2.30. The minimum absolute atomic E-state index is 0.0267. The first-order valence-corrected chi connectivity index (χ1v) is 12.4. The van der Waals surface area contributed by atoms with E-state index in [1.54, 1.807) is 23.1 Å². The molecular formula is C24H18FN3O7S. The Kier molecular flexibility index (Phi) is 4.68. The molecule has 0 spiro atoms. The fourth-order valence-corrected chi connectivity index (χ4v) is 5.79. The van der Waals surface area contributed by atoms with Crippen molar-refractivity contribution in [3.8, 4) is 17.2 Å². The van der Waals surface area contributed by atoms with Gasteiger partial charge in [0.2, 0.25) is 5.43 Å². The highest BCUT2D eigenvalue weighted by atomic mass is 32.2. The number of nitrogens with two attached hydrogens (primary N) is 1. The van der Waals surface area contributed by atoms with Crippen molar-refractivity contribution in [1.29, 1.82) is 0 Å². The summed E-state index contributed by atoms with van der Waals surface area (Å²) in [5.41, 5.74) is 4.95. The summed E-state index contributed by atoms with van der Waals surface area (Å²) in [6, 6.07) is 8.14. The number of benzene rings is 3. The zero-order valence-electron chi connectivity index (χ0n) is 18.4. The quantitative estimate of drug-likeness (QED) is 0.310. The normalized spacial score (nSPS) is 16.9. The molecule has 0 bridgehead atoms. The summed E-state index contributed by atoms with van der Waals surface area (Å²) in [5.74, 6) is -2.45. The van der Waals surface area contributed by atoms with Crippen LogP contribution in [0.15, 0.2) is 52.3 Å². The highest BCUT2D eigenvalue weighted by Gasteiger charge is 2.34. The van der Waals surface area contributed by atoms with E-state index in [2.05, 4.69) is 0 Å². The molecule has 10 nitrogen and oxygen atoms in total. The molecule has 1 atom stereocenters. The number of hydrogen-bond acceptors (Lipinski definition) is 7. The van der Waals surface area contributed by atoms with Gasteiger partial charge in [-0.25, -0.2) is 9.18 Å². The van der Waals surface area contributed by atoms with Gasteiger partial charge in [-0.15, -0.1) is 0 Å². The number of ether oxygens (including phenoxy) is 1. The molecule has 4 aromatic rings. The highest BCUT2D eigenvalue weighted by Crippen LogP contribution is 2.49. The van der Waals surface area contributed by atoms with Crippen LogP contribution in [0.5, 0.6) is 11.5 Å². The number of rotatable bonds is 3. The van der Waals surface area contributed by atoms with E-state index in [1.165, 1.54) is 10.6 Å². The standard InChI is InChI=1S/C24H18FN3O7S/c25-16-7-14-20-23(21(16)27-6-5-11(26)9-27)35-17-8-18(36(32,33)34)12-3-1-2-4-13(12)19(17)28(20)10-15(22(14)29)24(30)31/h1-4,7-8,10-11H,5-6,9,26H2,(H,30,31)(H,32,33,34)/t11-/m0/s1. The summed E-state index contributed by atoms with van der Waals surface area (Å²) in [6.45, 7) is 0.731. The number of anilines is 1. The molecule has 1 saturated heterocycles. The lowest BCUT2D eigenvalue weighted by atomic mass is 10.0. The van der Waals surface area contributed by atoms with E-state index in [0.717, 1.165) is 18.3 Å². The summed E-state index contributed by atoms with van der Waals surface area (Å²) in [7, 11) is -4.70. The number of carboxylic acids is 1. The number of halogens is 1. The summed E-state index contributed by atoms with van der Waals surface area (Å²) in [5, 5.41) is 9.96. The van der Waals surface area contributed by atoms with Crippen LogP contribution in [-0.2, 0) is 10.1 Å². The molecular weight excluding hydrogens is 493 g/mol. The molecule has 2 aliphatic heterocycles. The molecule has 0 radical (unpaired) electrons. The Labute approximate surface area is 202 Å². The van der Waals surface area contributed by atoms with Crippen molar-refractivity contribution < 1.29 is 32.0 Å². The van der Waals surface area contributed by atoms with Gasteiger partial charge in [0.05, 0.1) is 11.1 Å². The molecule has 0 amide bonds. The molecule has 4 N–H and O–H groups in total. The average molecular weight is 511 g/mol. The lowest BCUT2D eigenvalue weighted by Crippen LogP contribution is -2.28. The topological polar surface area (TPSA) is 152 Å². The van der Waals surface area contributed by atoms with Crippen molar-refractivity contribution in [3.05, 3.63) is 64.2 Å². The van der Waals surface area contributed by atoms with E-state index in [9.17, 15) is 27.7 Å². The highest BCUT2D eigenvalue weighted by molar-refractivity contribution is 7.86. The van der Waals surface area contributed by atoms with E-state index in [4.69, 9.17) is 10.5 Å². The number of pyridine rings is 1. The fraction of sp³-hybridized carbons (Fsp3) is 0.167. The van der Waals surface area contributed by atoms with Crippen LogP contribution in [0.4, 0.5) is 10.1 Å². The fourth-order valence-electron chi connectivity index (χ4n) is 5.08. The van der Waals surface area contributed by atoms with Crippen LogP contribution >= 0.6 is 0 Å². The number of hydrogen-bond donors (Lipinski definition) is 3. The number of carbonyl (C=O) groups is 1. The smallest absolute Gasteiger partial charge is 0.341 e. The van der Waals surface area contributed by atoms with Crippen LogP contribution < -0.4 is 20.8 Å². The Balaban J connectivity index is 1.81. The van der Waals surface area contributed by atoms with E-state index in [0.29, 0.717) is 24.9 Å². The van der Waals surface area contributed by atoms with Crippen LogP contribution in [0.25, 0.3) is 27.4 Å². The third-order valence-electron chi connectivity index (χ3n) is 6.62. The maximum absolute atomic E-state index is 15.5. The molecule has 0 saturated carbocycles. The van der Waals surface area contributed by atoms with Gasteiger partial charge in [-0.05, 0) is 12.5 Å². The molecule has 3 heterocycles. The van der Waals surface area contributed by atoms with Gasteiger partial charge in [0.15, 0.2) is 17.3 Å². The number of aromatic carboxylic acids is 1. The molecule has 1 aromatic heterocycles. The third-order valence-corrected chi connectivity index (χ3v) is 7.51. The third kappa shape index (κ3) is 3.11. The van der Waals surface area contributed by atoms with Crippen LogP contribution in [-0.4, -0.2) is 47.7 Å². The molecule has 12 heteroatoms. The Bertz CT molecular complexity index is 1820. The molecule has 3 aromatic carbocycles. The zero-order chi connectivity index (χ0) is 25.5. The summed E-state index contributed by atoms with van der Waals surface area (Å²) in [6.07, 6.45) is 1.71. The summed E-state index contributed by atoms with van der Waals surface area (Å²) >= 11 is 0. The van der Waals surface area contributed by atoms with Crippen molar-refractivity contribution in [2.45, 2.75) is 17.4 Å². The van der Waals surface area contributed by atoms with Gasteiger partial charge >= 0.3 is 5.97 Å². The maximum Gasteiger partial charge on any atom is 0.341 e. The van der Waals surface area contributed by atoms with E-state index >= 15 is 4.39 Å². The van der Waals surface area contributed by atoms with Gasteiger partial charge in [-0.1, -0.05) is 24.3 Å². The van der Waals surface area contributed by atoms with Crippen molar-refractivity contribution in [2.75, 3.05) is 18.0 Å². The average Bonchev–Trinajstić information content (AvgIpc) is 3.24. The largest absolute Gasteiger partial charge is 0.477 e. The zero-order valence-corrected chi connectivity index (χ0v) is 19.3. The SMILES string of the molecule is N[C@H]1CCN(c2c(F)cc3c(=O)c(C(=O)O)cn4c3c2Oc2cc(S(=O)(=O)O)c3ccccc3c2-4)C1. The van der Waals surface area contributed by atoms with Gasteiger partial charge in [-0.3, -0.25) is 9.35 Å². The first-order chi connectivity index (χ1) is 17.1. The second-order valence-electron chi connectivity index (χ2n) is 8.82. The Morgan fingerprint density at radius 2 is 1.86 bits per heavy atom. The van der Waals surface area contributed by atoms with Gasteiger partial charge in [-0.2, -0.15) is 8.42 Å². The number of fused-ring (bicyclic) bond motifs is 4. The first-order valence-electron chi connectivity index (χ1n) is 10.9. The number of carboxylic acid groups (broad SMARTS) is 1. The second kappa shape index (κ2) is 7.50. The summed E-state index contributed by atoms with van der Waals surface area (Å²) in [4.78, 5) is 26.2. The maximum atomic E-state index is 15.5. The monoisotopic (exact) mass is 511 g/mol.